The maximum atomic E-state index is 13.9. The Morgan fingerprint density at radius 3 is 2.49 bits per heavy atom. The Hall–Kier alpha value is -4.38. The normalized spacial score (nSPS) is 14.7. The quantitative estimate of drug-likeness (QED) is 0.318. The summed E-state index contributed by atoms with van der Waals surface area (Å²) in [7, 11) is 1.27. The summed E-state index contributed by atoms with van der Waals surface area (Å²) in [5.74, 6) is 0.257. The topological polar surface area (TPSA) is 115 Å². The zero-order valence-electron chi connectivity index (χ0n) is 23.6. The molecule has 2 aromatic carbocycles. The van der Waals surface area contributed by atoms with E-state index in [2.05, 4.69) is 9.73 Å². The van der Waals surface area contributed by atoms with Crippen molar-refractivity contribution in [2.45, 2.75) is 33.7 Å². The first-order valence-corrected chi connectivity index (χ1v) is 14.0. The fourth-order valence-electron chi connectivity index (χ4n) is 4.40. The summed E-state index contributed by atoms with van der Waals surface area (Å²) in [6.45, 7) is 7.86. The molecule has 0 fully saturated rings. The molecule has 0 unspecified atom stereocenters. The van der Waals surface area contributed by atoms with Crippen LogP contribution in [0, 0.1) is 0 Å². The molecule has 0 bridgehead atoms. The first-order chi connectivity index (χ1) is 19.8. The van der Waals surface area contributed by atoms with Crippen LogP contribution in [0.5, 0.6) is 17.2 Å². The fourth-order valence-corrected chi connectivity index (χ4v) is 5.44. The largest absolute Gasteiger partial charge is 0.494 e. The number of methoxy groups -OCH3 is 1. The molecule has 1 aliphatic rings. The summed E-state index contributed by atoms with van der Waals surface area (Å²) in [6, 6.07) is 11.7. The molecule has 0 spiro atoms. The molecule has 0 aliphatic carbocycles. The van der Waals surface area contributed by atoms with Gasteiger partial charge in [0.15, 0.2) is 22.9 Å². The summed E-state index contributed by atoms with van der Waals surface area (Å²) >= 11 is 1.23. The van der Waals surface area contributed by atoms with Crippen LogP contribution in [0.1, 0.15) is 44.9 Å². The fraction of sp³-hybridized carbons (Fsp3) is 0.333. The van der Waals surface area contributed by atoms with Crippen molar-refractivity contribution in [3.63, 3.8) is 0 Å². The lowest BCUT2D eigenvalue weighted by atomic mass is 9.95. The second kappa shape index (κ2) is 13.3. The van der Waals surface area contributed by atoms with E-state index < -0.39 is 18.0 Å². The van der Waals surface area contributed by atoms with Crippen LogP contribution in [0.3, 0.4) is 0 Å². The van der Waals surface area contributed by atoms with E-state index in [1.54, 1.807) is 38.1 Å². The summed E-state index contributed by atoms with van der Waals surface area (Å²) in [6.07, 6.45) is 1.78. The molecule has 1 aromatic heterocycles. The summed E-state index contributed by atoms with van der Waals surface area (Å²) in [5, 5.41) is 0. The van der Waals surface area contributed by atoms with E-state index >= 15 is 0 Å². The smallest absolute Gasteiger partial charge is 0.343 e. The molecule has 0 saturated heterocycles. The number of thiazole rings is 1. The van der Waals surface area contributed by atoms with Crippen molar-refractivity contribution in [1.82, 2.24) is 4.57 Å². The van der Waals surface area contributed by atoms with Crippen molar-refractivity contribution in [1.29, 1.82) is 0 Å². The van der Waals surface area contributed by atoms with Gasteiger partial charge in [-0.1, -0.05) is 29.5 Å². The van der Waals surface area contributed by atoms with E-state index in [9.17, 15) is 14.4 Å². The number of fused-ring (bicyclic) bond motifs is 1. The average Bonchev–Trinajstić information content (AvgIpc) is 3.25. The van der Waals surface area contributed by atoms with Crippen LogP contribution in [-0.4, -0.2) is 50.0 Å². The number of esters is 2. The van der Waals surface area contributed by atoms with E-state index in [1.165, 1.54) is 23.0 Å². The number of nitrogens with zero attached hydrogens (tertiary/aromatic N) is 2. The second-order valence-electron chi connectivity index (χ2n) is 8.81. The highest BCUT2D eigenvalue weighted by Crippen LogP contribution is 2.36. The van der Waals surface area contributed by atoms with Gasteiger partial charge in [0.25, 0.3) is 5.56 Å². The second-order valence-corrected chi connectivity index (χ2v) is 9.82. The molecule has 41 heavy (non-hydrogen) atoms. The van der Waals surface area contributed by atoms with Gasteiger partial charge in [-0.2, -0.15) is 0 Å². The molecule has 10 nitrogen and oxygen atoms in total. The lowest BCUT2D eigenvalue weighted by molar-refractivity contribution is -0.143. The van der Waals surface area contributed by atoms with Gasteiger partial charge in [-0.05, 0) is 69.2 Å². The highest BCUT2D eigenvalue weighted by Gasteiger charge is 2.34. The van der Waals surface area contributed by atoms with Gasteiger partial charge in [-0.3, -0.25) is 9.36 Å². The Morgan fingerprint density at radius 2 is 1.78 bits per heavy atom. The van der Waals surface area contributed by atoms with Crippen molar-refractivity contribution in [2.75, 3.05) is 33.5 Å². The third-order valence-electron chi connectivity index (χ3n) is 6.14. The SMILES string of the molecule is CCOC(=O)C1=C(C)N=c2s/c(=C/c3cccc(OCC)c3)c(=O)n2[C@H]1c1ccc(OCC(=O)OC)c(OCC)c1. The Morgan fingerprint density at radius 1 is 1.00 bits per heavy atom. The van der Waals surface area contributed by atoms with Gasteiger partial charge >= 0.3 is 11.9 Å². The third-order valence-corrected chi connectivity index (χ3v) is 7.12. The number of benzene rings is 2. The molecular formula is C30H32N2O8S. The molecule has 1 atom stereocenters. The zero-order valence-corrected chi connectivity index (χ0v) is 24.4. The molecule has 4 rings (SSSR count). The predicted octanol–water partition coefficient (Wildman–Crippen LogP) is 3.15. The van der Waals surface area contributed by atoms with Gasteiger partial charge in [0.05, 0.1) is 48.8 Å². The monoisotopic (exact) mass is 580 g/mol. The van der Waals surface area contributed by atoms with Gasteiger partial charge < -0.3 is 23.7 Å². The van der Waals surface area contributed by atoms with Crippen LogP contribution >= 0.6 is 11.3 Å². The molecule has 0 amide bonds. The Balaban J connectivity index is 1.88. The molecular weight excluding hydrogens is 548 g/mol. The zero-order chi connectivity index (χ0) is 29.5. The first-order valence-electron chi connectivity index (χ1n) is 13.2. The number of aromatic nitrogens is 1. The van der Waals surface area contributed by atoms with Crippen LogP contribution < -0.4 is 29.1 Å². The highest BCUT2D eigenvalue weighted by molar-refractivity contribution is 7.07. The number of rotatable bonds is 11. The van der Waals surface area contributed by atoms with E-state index in [0.717, 1.165) is 5.56 Å². The van der Waals surface area contributed by atoms with Gasteiger partial charge in [0.1, 0.15) is 5.75 Å². The van der Waals surface area contributed by atoms with Crippen molar-refractivity contribution in [2.24, 2.45) is 4.99 Å². The third kappa shape index (κ3) is 6.51. The van der Waals surface area contributed by atoms with Crippen LogP contribution in [0.15, 0.2) is 63.5 Å². The Labute approximate surface area is 241 Å². The Bertz CT molecular complexity index is 1650. The molecule has 0 radical (unpaired) electrons. The minimum atomic E-state index is -0.837. The standard InChI is InChI=1S/C30H32N2O8S/c1-6-37-21-11-9-10-19(14-21)15-24-28(34)32-27(26(29(35)39-8-3)18(4)31-30(32)41-24)20-12-13-22(23(16-20)38-7-2)40-17-25(33)36-5/h9-16,27H,6-8,17H2,1-5H3/b24-15+/t27-/m0/s1. The average molecular weight is 581 g/mol. The molecule has 0 saturated carbocycles. The maximum Gasteiger partial charge on any atom is 0.343 e. The first kappa shape index (κ1) is 29.6. The van der Waals surface area contributed by atoms with Gasteiger partial charge in [-0.15, -0.1) is 0 Å². The summed E-state index contributed by atoms with van der Waals surface area (Å²) < 4.78 is 29.0. The predicted molar refractivity (Wildman–Crippen MR) is 153 cm³/mol. The van der Waals surface area contributed by atoms with E-state index in [-0.39, 0.29) is 24.3 Å². The highest BCUT2D eigenvalue weighted by atomic mass is 32.1. The van der Waals surface area contributed by atoms with Crippen LogP contribution in [0.4, 0.5) is 0 Å². The van der Waals surface area contributed by atoms with Crippen molar-refractivity contribution in [3.05, 3.63) is 84.5 Å². The van der Waals surface area contributed by atoms with E-state index in [4.69, 9.17) is 18.9 Å². The number of hydrogen-bond donors (Lipinski definition) is 0. The number of ether oxygens (including phenoxy) is 5. The molecule has 11 heteroatoms. The van der Waals surface area contributed by atoms with E-state index in [1.807, 2.05) is 38.1 Å². The van der Waals surface area contributed by atoms with Gasteiger partial charge in [0.2, 0.25) is 0 Å². The van der Waals surface area contributed by atoms with Crippen molar-refractivity contribution >= 4 is 29.4 Å². The molecule has 216 valence electrons. The molecule has 3 aromatic rings. The van der Waals surface area contributed by atoms with Gasteiger partial charge in [0, 0.05) is 0 Å². The minimum absolute atomic E-state index is 0.160. The van der Waals surface area contributed by atoms with Crippen molar-refractivity contribution < 1.29 is 33.3 Å². The summed E-state index contributed by atoms with van der Waals surface area (Å²) in [4.78, 5) is 43.8. The molecule has 1 aliphatic heterocycles. The molecule has 2 heterocycles. The number of carbonyl (C=O) groups is 2. The Kier molecular flexibility index (Phi) is 9.61. The van der Waals surface area contributed by atoms with E-state index in [0.29, 0.717) is 51.1 Å². The lowest BCUT2D eigenvalue weighted by Crippen LogP contribution is -2.40. The van der Waals surface area contributed by atoms with Crippen LogP contribution in [0.2, 0.25) is 0 Å². The van der Waals surface area contributed by atoms with Crippen molar-refractivity contribution in [3.8, 4) is 17.2 Å². The maximum absolute atomic E-state index is 13.9. The number of carbonyl (C=O) groups excluding carboxylic acids is 2. The lowest BCUT2D eigenvalue weighted by Gasteiger charge is -2.25. The molecule has 0 N–H and O–H groups in total. The summed E-state index contributed by atoms with van der Waals surface area (Å²) in [5.41, 5.74) is 1.77. The van der Waals surface area contributed by atoms with Gasteiger partial charge in [-0.25, -0.2) is 14.6 Å². The number of allylic oxidation sites excluding steroid dienone is 1. The number of hydrogen-bond acceptors (Lipinski definition) is 10. The van der Waals surface area contributed by atoms with Crippen LogP contribution in [-0.2, 0) is 19.1 Å². The minimum Gasteiger partial charge on any atom is -0.494 e. The van der Waals surface area contributed by atoms with Crippen LogP contribution in [0.25, 0.3) is 6.08 Å².